The van der Waals surface area contributed by atoms with Gasteiger partial charge in [-0.25, -0.2) is 0 Å². The van der Waals surface area contributed by atoms with Crippen molar-refractivity contribution in [2.45, 2.75) is 18.8 Å². The fourth-order valence-electron chi connectivity index (χ4n) is 3.69. The minimum Gasteiger partial charge on any atom is -0.367 e. The Kier molecular flexibility index (Phi) is 7.13. The van der Waals surface area contributed by atoms with Gasteiger partial charge in [0.1, 0.15) is 0 Å². The molecule has 0 bridgehead atoms. The second-order valence-electron chi connectivity index (χ2n) is 7.24. The summed E-state index contributed by atoms with van der Waals surface area (Å²) in [6.07, 6.45) is 2.64. The molecule has 0 aliphatic carbocycles. The van der Waals surface area contributed by atoms with E-state index in [1.807, 2.05) is 6.07 Å². The molecular weight excluding hydrogens is 358 g/mol. The van der Waals surface area contributed by atoms with Crippen molar-refractivity contribution < 1.29 is 4.79 Å². The summed E-state index contributed by atoms with van der Waals surface area (Å²) in [4.78, 5) is 19.4. The monoisotopic (exact) mass is 387 g/mol. The van der Waals surface area contributed by atoms with Crippen molar-refractivity contribution in [3.63, 3.8) is 0 Å². The Morgan fingerprint density at radius 2 is 2.07 bits per heavy atom. The lowest BCUT2D eigenvalue weighted by Gasteiger charge is -2.36. The average molecular weight is 387 g/mol. The first-order chi connectivity index (χ1) is 13.6. The Labute approximate surface area is 165 Å². The highest BCUT2D eigenvalue weighted by Crippen LogP contribution is 2.26. The molecule has 8 N–H and O–H groups in total. The van der Waals surface area contributed by atoms with E-state index in [1.165, 1.54) is 0 Å². The Morgan fingerprint density at radius 1 is 1.36 bits per heavy atom. The average Bonchev–Trinajstić information content (AvgIpc) is 2.70. The van der Waals surface area contributed by atoms with Crippen LogP contribution in [0.5, 0.6) is 0 Å². The molecule has 0 radical (unpaired) electrons. The molecule has 2 saturated heterocycles. The zero-order valence-corrected chi connectivity index (χ0v) is 15.9. The Balaban J connectivity index is 1.69. The maximum Gasteiger partial charge on any atom is 0.233 e. The standard InChI is InChI=1S/C18H29N9O/c19-3-1-12-9-24-17(25-10-12)15(16(20)21)18(28)26-13-11-23-4-2-14(13)27-7-5-22-6-8-27/h2,4,11-12,15-17,22,24-25H,1,5-10,20-21H2,(H,26,28). The van der Waals surface area contributed by atoms with Crippen molar-refractivity contribution in [1.82, 2.24) is 20.9 Å². The molecule has 0 spiro atoms. The molecule has 152 valence electrons. The number of hydrogen-bond acceptors (Lipinski definition) is 9. The summed E-state index contributed by atoms with van der Waals surface area (Å²) in [5.41, 5.74) is 13.5. The topological polar surface area (TPSA) is 157 Å². The molecule has 2 aliphatic rings. The number of anilines is 2. The van der Waals surface area contributed by atoms with Gasteiger partial charge in [0.2, 0.25) is 5.91 Å². The number of pyridine rings is 1. The van der Waals surface area contributed by atoms with Crippen molar-refractivity contribution in [2.24, 2.45) is 23.3 Å². The van der Waals surface area contributed by atoms with Gasteiger partial charge in [-0.05, 0) is 12.0 Å². The lowest BCUT2D eigenvalue weighted by atomic mass is 9.96. The van der Waals surface area contributed by atoms with Gasteiger partial charge in [-0.1, -0.05) is 0 Å². The van der Waals surface area contributed by atoms with Crippen LogP contribution in [0.2, 0.25) is 0 Å². The third-order valence-corrected chi connectivity index (χ3v) is 5.22. The van der Waals surface area contributed by atoms with E-state index < -0.39 is 12.1 Å². The van der Waals surface area contributed by atoms with Crippen molar-refractivity contribution in [3.8, 4) is 6.07 Å². The zero-order chi connectivity index (χ0) is 19.9. The number of amides is 1. The Morgan fingerprint density at radius 3 is 2.71 bits per heavy atom. The third-order valence-electron chi connectivity index (χ3n) is 5.22. The van der Waals surface area contributed by atoms with Crippen LogP contribution in [0.3, 0.4) is 0 Å². The fraction of sp³-hybridized carbons (Fsp3) is 0.611. The molecule has 0 saturated carbocycles. The maximum atomic E-state index is 13.0. The quantitative estimate of drug-likeness (QED) is 0.314. The highest BCUT2D eigenvalue weighted by Gasteiger charge is 2.35. The number of piperazine rings is 1. The van der Waals surface area contributed by atoms with Gasteiger partial charge in [0, 0.05) is 51.9 Å². The zero-order valence-electron chi connectivity index (χ0n) is 15.9. The van der Waals surface area contributed by atoms with E-state index in [-0.39, 0.29) is 18.0 Å². The SMILES string of the molecule is N#CCC1CNC(C(C(=O)Nc2cnccc2N2CCNCC2)C(N)N)NC1. The molecular formula is C18H29N9O. The van der Waals surface area contributed by atoms with E-state index in [4.69, 9.17) is 16.7 Å². The van der Waals surface area contributed by atoms with Crippen LogP contribution in [0.4, 0.5) is 11.4 Å². The molecule has 1 aromatic heterocycles. The first-order valence-corrected chi connectivity index (χ1v) is 9.65. The van der Waals surface area contributed by atoms with E-state index in [9.17, 15) is 4.79 Å². The number of rotatable bonds is 6. The van der Waals surface area contributed by atoms with Gasteiger partial charge in [0.15, 0.2) is 0 Å². The van der Waals surface area contributed by atoms with Crippen LogP contribution in [-0.4, -0.2) is 62.5 Å². The van der Waals surface area contributed by atoms with E-state index in [0.29, 0.717) is 25.2 Å². The van der Waals surface area contributed by atoms with Crippen LogP contribution < -0.4 is 37.6 Å². The number of nitrogens with one attached hydrogen (secondary N) is 4. The molecule has 10 heteroatoms. The van der Waals surface area contributed by atoms with Crippen LogP contribution in [-0.2, 0) is 4.79 Å². The van der Waals surface area contributed by atoms with Crippen molar-refractivity contribution in [1.29, 1.82) is 5.26 Å². The number of carbonyl (C=O) groups is 1. The number of nitrogens with two attached hydrogens (primary N) is 2. The highest BCUT2D eigenvalue weighted by molar-refractivity contribution is 5.96. The molecule has 2 aliphatic heterocycles. The van der Waals surface area contributed by atoms with Gasteiger partial charge in [-0.2, -0.15) is 5.26 Å². The van der Waals surface area contributed by atoms with Crippen molar-refractivity contribution in [3.05, 3.63) is 18.5 Å². The molecule has 3 rings (SSSR count). The van der Waals surface area contributed by atoms with E-state index in [1.54, 1.807) is 12.4 Å². The first kappa shape index (κ1) is 20.4. The number of hydrogen-bond donors (Lipinski definition) is 6. The highest BCUT2D eigenvalue weighted by atomic mass is 16.2. The summed E-state index contributed by atoms with van der Waals surface area (Å²) in [6.45, 7) is 4.79. The largest absolute Gasteiger partial charge is 0.367 e. The van der Waals surface area contributed by atoms with Crippen LogP contribution >= 0.6 is 0 Å². The minimum absolute atomic E-state index is 0.205. The molecule has 1 aromatic rings. The normalized spacial score (nSPS) is 23.9. The molecule has 3 heterocycles. The Bertz CT molecular complexity index is 691. The fourth-order valence-corrected chi connectivity index (χ4v) is 3.69. The smallest absolute Gasteiger partial charge is 0.233 e. The molecule has 1 unspecified atom stereocenters. The summed E-state index contributed by atoms with van der Waals surface area (Å²) < 4.78 is 0. The van der Waals surface area contributed by atoms with Crippen LogP contribution in [0.1, 0.15) is 6.42 Å². The summed E-state index contributed by atoms with van der Waals surface area (Å²) in [7, 11) is 0. The maximum absolute atomic E-state index is 13.0. The second kappa shape index (κ2) is 9.77. The lowest BCUT2D eigenvalue weighted by Crippen LogP contribution is -2.63. The molecule has 10 nitrogen and oxygen atoms in total. The molecule has 28 heavy (non-hydrogen) atoms. The molecule has 0 aromatic carbocycles. The van der Waals surface area contributed by atoms with Crippen molar-refractivity contribution >= 4 is 17.3 Å². The van der Waals surface area contributed by atoms with Gasteiger partial charge < -0.3 is 37.6 Å². The van der Waals surface area contributed by atoms with Crippen LogP contribution in [0.15, 0.2) is 18.5 Å². The number of nitrogens with zero attached hydrogens (tertiary/aromatic N) is 3. The van der Waals surface area contributed by atoms with E-state index in [0.717, 1.165) is 31.9 Å². The number of aromatic nitrogens is 1. The van der Waals surface area contributed by atoms with E-state index in [2.05, 4.69) is 37.2 Å². The van der Waals surface area contributed by atoms with Crippen LogP contribution in [0, 0.1) is 23.2 Å². The summed E-state index contributed by atoms with van der Waals surface area (Å²) >= 11 is 0. The van der Waals surface area contributed by atoms with E-state index >= 15 is 0 Å². The number of nitriles is 1. The number of carbonyl (C=O) groups excluding carboxylic acids is 1. The van der Waals surface area contributed by atoms with Gasteiger partial charge in [0.25, 0.3) is 0 Å². The van der Waals surface area contributed by atoms with Crippen LogP contribution in [0.25, 0.3) is 0 Å². The van der Waals surface area contributed by atoms with Gasteiger partial charge >= 0.3 is 0 Å². The summed E-state index contributed by atoms with van der Waals surface area (Å²) in [5, 5.41) is 21.7. The summed E-state index contributed by atoms with van der Waals surface area (Å²) in [5.74, 6) is -0.723. The van der Waals surface area contributed by atoms with Crippen molar-refractivity contribution in [2.75, 3.05) is 49.5 Å². The minimum atomic E-state index is -0.836. The predicted molar refractivity (Wildman–Crippen MR) is 107 cm³/mol. The summed E-state index contributed by atoms with van der Waals surface area (Å²) in [6, 6.07) is 4.08. The predicted octanol–water partition coefficient (Wildman–Crippen LogP) is -1.66. The Hall–Kier alpha value is -2.29. The third kappa shape index (κ3) is 4.95. The van der Waals surface area contributed by atoms with Gasteiger partial charge in [0.05, 0.1) is 41.9 Å². The van der Waals surface area contributed by atoms with Gasteiger partial charge in [-0.3, -0.25) is 9.78 Å². The second-order valence-corrected chi connectivity index (χ2v) is 7.24. The molecule has 1 amide bonds. The molecule has 2 fully saturated rings. The first-order valence-electron chi connectivity index (χ1n) is 9.65. The lowest BCUT2D eigenvalue weighted by molar-refractivity contribution is -0.122. The molecule has 1 atom stereocenters. The van der Waals surface area contributed by atoms with Gasteiger partial charge in [-0.15, -0.1) is 0 Å².